The molecule has 0 unspecified atom stereocenters. The molecule has 4 aromatic rings. The number of benzene rings is 3. The number of hydrogen-bond acceptors (Lipinski definition) is 6. The molecule has 40 heavy (non-hydrogen) atoms. The van der Waals surface area contributed by atoms with E-state index in [2.05, 4.69) is 10.3 Å². The minimum absolute atomic E-state index is 0. The summed E-state index contributed by atoms with van der Waals surface area (Å²) in [5.74, 6) is -0.694. The van der Waals surface area contributed by atoms with E-state index in [4.69, 9.17) is 14.2 Å². The van der Waals surface area contributed by atoms with Crippen LogP contribution in [0.25, 0.3) is 28.1 Å². The zero-order chi connectivity index (χ0) is 27.4. The number of aryl methyl sites for hydroxylation is 2. The number of aromatic nitrogens is 1. The molecule has 4 rings (SSSR count). The minimum atomic E-state index is -0.524. The number of esters is 1. The van der Waals surface area contributed by atoms with Gasteiger partial charge in [-0.3, -0.25) is 14.6 Å². The van der Waals surface area contributed by atoms with Crippen molar-refractivity contribution in [1.82, 2.24) is 4.98 Å². The number of fused-ring (bicyclic) bond motifs is 1. The molecule has 8 nitrogen and oxygen atoms in total. The molecule has 0 aliphatic heterocycles. The summed E-state index contributed by atoms with van der Waals surface area (Å²) < 4.78 is 30.8. The molecule has 0 saturated heterocycles. The number of nitrogens with zero attached hydrogens (tertiary/aromatic N) is 1. The van der Waals surface area contributed by atoms with Crippen LogP contribution >= 0.6 is 12.4 Å². The van der Waals surface area contributed by atoms with Crippen molar-refractivity contribution < 1.29 is 33.7 Å². The van der Waals surface area contributed by atoms with Gasteiger partial charge >= 0.3 is 5.97 Å². The van der Waals surface area contributed by atoms with Gasteiger partial charge in [0.2, 0.25) is 11.7 Å². The fourth-order valence-electron chi connectivity index (χ4n) is 4.30. The lowest BCUT2D eigenvalue weighted by Gasteiger charge is -2.16. The van der Waals surface area contributed by atoms with Crippen LogP contribution in [-0.2, 0) is 9.59 Å². The van der Waals surface area contributed by atoms with Crippen LogP contribution in [0.2, 0.25) is 0 Å². The number of carbonyl (C=O) groups excluding carboxylic acids is 2. The smallest absolute Gasteiger partial charge is 0.308 e. The zero-order valence-corrected chi connectivity index (χ0v) is 23.4. The van der Waals surface area contributed by atoms with Crippen molar-refractivity contribution in [2.45, 2.75) is 20.8 Å². The Kier molecular flexibility index (Phi) is 10.8. The topological polar surface area (TPSA) is 118 Å². The maximum atomic E-state index is 14.9. The number of rotatable bonds is 7. The maximum Gasteiger partial charge on any atom is 0.308 e. The highest BCUT2D eigenvalue weighted by Gasteiger charge is 2.18. The lowest BCUT2D eigenvalue weighted by Crippen LogP contribution is -2.10. The molecule has 0 aliphatic carbocycles. The fourth-order valence-corrected chi connectivity index (χ4v) is 4.30. The van der Waals surface area contributed by atoms with E-state index < -0.39 is 17.7 Å². The molecular formula is C30H30ClFN2O6. The monoisotopic (exact) mass is 568 g/mol. The number of anilines is 1. The summed E-state index contributed by atoms with van der Waals surface area (Å²) in [4.78, 5) is 29.0. The lowest BCUT2D eigenvalue weighted by molar-refractivity contribution is -0.132. The van der Waals surface area contributed by atoms with E-state index in [1.165, 1.54) is 39.5 Å². The van der Waals surface area contributed by atoms with E-state index in [0.717, 1.165) is 22.0 Å². The number of methoxy groups -OCH3 is 2. The van der Waals surface area contributed by atoms with Crippen molar-refractivity contribution in [3.8, 4) is 28.4 Å². The quantitative estimate of drug-likeness (QED) is 0.170. The van der Waals surface area contributed by atoms with Crippen LogP contribution in [-0.4, -0.2) is 36.6 Å². The first-order valence-electron chi connectivity index (χ1n) is 11.8. The van der Waals surface area contributed by atoms with Crippen LogP contribution in [0.1, 0.15) is 23.6 Å². The molecule has 0 fully saturated rings. The molecular weight excluding hydrogens is 539 g/mol. The molecule has 10 heteroatoms. The van der Waals surface area contributed by atoms with Gasteiger partial charge in [-0.2, -0.15) is 0 Å². The Hall–Kier alpha value is -4.47. The van der Waals surface area contributed by atoms with Gasteiger partial charge in [-0.05, 0) is 55.3 Å². The SMILES string of the molecule is COc1cc(/C=C/C(=O)Nc2cnc3c(C)cc(C)cc3c2-c2ccccc2F)cc(OC)c1OC(C)=O.Cl.O. The van der Waals surface area contributed by atoms with Gasteiger partial charge in [0, 0.05) is 29.5 Å². The standard InChI is InChI=1S/C30H27FN2O5.ClH.H2O/c1-17-12-18(2)29-22(13-17)28(21-8-6-7-9-23(21)31)24(16-32-29)33-27(35)11-10-20-14-25(36-4)30(38-19(3)34)26(15-20)37-5;;/h6-16H,1-5H3,(H,33,35);1H;1H2/b11-10+;;. The first kappa shape index (κ1) is 31.7. The van der Waals surface area contributed by atoms with Crippen molar-refractivity contribution in [1.29, 1.82) is 0 Å². The largest absolute Gasteiger partial charge is 0.493 e. The van der Waals surface area contributed by atoms with E-state index in [9.17, 15) is 14.0 Å². The van der Waals surface area contributed by atoms with Crippen LogP contribution in [0.5, 0.6) is 17.2 Å². The third kappa shape index (κ3) is 6.74. The molecule has 1 amide bonds. The van der Waals surface area contributed by atoms with E-state index >= 15 is 0 Å². The highest BCUT2D eigenvalue weighted by molar-refractivity contribution is 6.09. The van der Waals surface area contributed by atoms with E-state index in [1.54, 1.807) is 36.4 Å². The van der Waals surface area contributed by atoms with Gasteiger partial charge in [-0.25, -0.2) is 4.39 Å². The Bertz CT molecular complexity index is 1560. The van der Waals surface area contributed by atoms with Crippen molar-refractivity contribution in [2.24, 2.45) is 0 Å². The normalized spacial score (nSPS) is 10.4. The summed E-state index contributed by atoms with van der Waals surface area (Å²) in [6, 6.07) is 13.6. The highest BCUT2D eigenvalue weighted by atomic mass is 35.5. The predicted molar refractivity (Wildman–Crippen MR) is 156 cm³/mol. The molecule has 0 bridgehead atoms. The second-order valence-electron chi connectivity index (χ2n) is 8.68. The summed E-state index contributed by atoms with van der Waals surface area (Å²) in [6.45, 7) is 5.18. The summed E-state index contributed by atoms with van der Waals surface area (Å²) in [5.41, 5.74) is 4.54. The third-order valence-electron chi connectivity index (χ3n) is 5.86. The molecule has 3 aromatic carbocycles. The Labute approximate surface area is 237 Å². The fraction of sp³-hybridized carbons (Fsp3) is 0.167. The number of halogens is 2. The van der Waals surface area contributed by atoms with Crippen LogP contribution in [0.4, 0.5) is 10.1 Å². The first-order valence-corrected chi connectivity index (χ1v) is 11.8. The summed E-state index contributed by atoms with van der Waals surface area (Å²) in [6.07, 6.45) is 4.43. The van der Waals surface area contributed by atoms with E-state index in [-0.39, 0.29) is 35.1 Å². The molecule has 0 radical (unpaired) electrons. The average Bonchev–Trinajstić information content (AvgIpc) is 2.88. The lowest BCUT2D eigenvalue weighted by atomic mass is 9.96. The Balaban J connectivity index is 0.00000280. The van der Waals surface area contributed by atoms with Crippen LogP contribution in [0, 0.1) is 19.7 Å². The predicted octanol–water partition coefficient (Wildman–Crippen LogP) is 5.85. The zero-order valence-electron chi connectivity index (χ0n) is 22.6. The Morgan fingerprint density at radius 3 is 2.25 bits per heavy atom. The van der Waals surface area contributed by atoms with Crippen molar-refractivity contribution in [3.63, 3.8) is 0 Å². The molecule has 0 atom stereocenters. The summed E-state index contributed by atoms with van der Waals surface area (Å²) in [5, 5.41) is 3.59. The average molecular weight is 569 g/mol. The van der Waals surface area contributed by atoms with E-state index in [0.29, 0.717) is 22.4 Å². The second kappa shape index (κ2) is 13.5. The number of ether oxygens (including phenoxy) is 3. The van der Waals surface area contributed by atoms with Crippen LogP contribution < -0.4 is 19.5 Å². The summed E-state index contributed by atoms with van der Waals surface area (Å²) in [7, 11) is 2.87. The number of amides is 1. The maximum absolute atomic E-state index is 14.9. The minimum Gasteiger partial charge on any atom is -0.493 e. The van der Waals surface area contributed by atoms with Gasteiger partial charge in [0.05, 0.1) is 31.6 Å². The van der Waals surface area contributed by atoms with Crippen molar-refractivity contribution in [2.75, 3.05) is 19.5 Å². The van der Waals surface area contributed by atoms with Gasteiger partial charge in [0.15, 0.2) is 11.5 Å². The van der Waals surface area contributed by atoms with Gasteiger partial charge in [-0.1, -0.05) is 29.8 Å². The number of nitrogens with one attached hydrogen (secondary N) is 1. The van der Waals surface area contributed by atoms with Crippen LogP contribution in [0.15, 0.2) is 60.8 Å². The highest BCUT2D eigenvalue weighted by Crippen LogP contribution is 2.40. The first-order chi connectivity index (χ1) is 18.2. The van der Waals surface area contributed by atoms with Gasteiger partial charge in [0.25, 0.3) is 0 Å². The molecule has 3 N–H and O–H groups in total. The Morgan fingerprint density at radius 1 is 1.00 bits per heavy atom. The number of hydrogen-bond donors (Lipinski definition) is 1. The number of carbonyl (C=O) groups is 2. The molecule has 0 spiro atoms. The van der Waals surface area contributed by atoms with E-state index in [1.807, 2.05) is 26.0 Å². The molecule has 1 aromatic heterocycles. The summed E-state index contributed by atoms with van der Waals surface area (Å²) >= 11 is 0. The Morgan fingerprint density at radius 2 is 1.65 bits per heavy atom. The second-order valence-corrected chi connectivity index (χ2v) is 8.68. The molecule has 1 heterocycles. The molecule has 0 aliphatic rings. The van der Waals surface area contributed by atoms with Crippen molar-refractivity contribution >= 4 is 46.9 Å². The number of pyridine rings is 1. The van der Waals surface area contributed by atoms with Gasteiger partial charge < -0.3 is 25.0 Å². The third-order valence-corrected chi connectivity index (χ3v) is 5.86. The molecule has 210 valence electrons. The molecule has 0 saturated carbocycles. The van der Waals surface area contributed by atoms with Gasteiger partial charge in [0.1, 0.15) is 5.82 Å². The van der Waals surface area contributed by atoms with Gasteiger partial charge in [-0.15, -0.1) is 12.4 Å². The van der Waals surface area contributed by atoms with Crippen molar-refractivity contribution in [3.05, 3.63) is 83.3 Å². The van der Waals surface area contributed by atoms with Crippen LogP contribution in [0.3, 0.4) is 0 Å².